The van der Waals surface area contributed by atoms with Gasteiger partial charge in [0.2, 0.25) is 0 Å². The number of aromatic nitrogens is 1. The standard InChI is InChI=1S/C7H9N2/c1-6-3-4-9-7(5-6)8-2/h3-5H,1-2H3. The summed E-state index contributed by atoms with van der Waals surface area (Å²) in [5.41, 5.74) is 1.20. The quantitative estimate of drug-likeness (QED) is 0.549. The van der Waals surface area contributed by atoms with Crippen molar-refractivity contribution < 1.29 is 0 Å². The molecule has 1 heterocycles. The van der Waals surface area contributed by atoms with Crippen LogP contribution in [-0.2, 0) is 0 Å². The topological polar surface area (TPSA) is 27.0 Å². The van der Waals surface area contributed by atoms with Gasteiger partial charge in [-0.15, -0.1) is 0 Å². The van der Waals surface area contributed by atoms with Crippen LogP contribution >= 0.6 is 0 Å². The molecule has 0 fully saturated rings. The first-order chi connectivity index (χ1) is 4.33. The van der Waals surface area contributed by atoms with E-state index in [4.69, 9.17) is 0 Å². The molecule has 1 rings (SSSR count). The average molecular weight is 121 g/mol. The number of hydrogen-bond acceptors (Lipinski definition) is 1. The van der Waals surface area contributed by atoms with Gasteiger partial charge in [0, 0.05) is 13.2 Å². The molecule has 0 saturated carbocycles. The number of nitrogens with zero attached hydrogens (tertiary/aromatic N) is 2. The lowest BCUT2D eigenvalue weighted by Gasteiger charge is -1.94. The minimum atomic E-state index is 0.801. The Labute approximate surface area is 54.9 Å². The Bertz CT molecular complexity index is 196. The van der Waals surface area contributed by atoms with E-state index in [1.807, 2.05) is 19.1 Å². The molecular weight excluding hydrogens is 112 g/mol. The first-order valence-electron chi connectivity index (χ1n) is 2.85. The van der Waals surface area contributed by atoms with Gasteiger partial charge in [-0.2, -0.15) is 0 Å². The highest BCUT2D eigenvalue weighted by molar-refractivity contribution is 5.28. The van der Waals surface area contributed by atoms with E-state index in [9.17, 15) is 0 Å². The van der Waals surface area contributed by atoms with E-state index in [-0.39, 0.29) is 0 Å². The van der Waals surface area contributed by atoms with Gasteiger partial charge in [0.15, 0.2) is 0 Å². The molecule has 1 radical (unpaired) electrons. The van der Waals surface area contributed by atoms with Crippen LogP contribution in [0.1, 0.15) is 5.56 Å². The van der Waals surface area contributed by atoms with Crippen molar-refractivity contribution in [3.8, 4) is 0 Å². The molecule has 0 aliphatic carbocycles. The minimum Gasteiger partial charge on any atom is -0.270 e. The van der Waals surface area contributed by atoms with E-state index in [0.717, 1.165) is 5.82 Å². The van der Waals surface area contributed by atoms with Crippen LogP contribution in [0.4, 0.5) is 5.82 Å². The molecule has 2 heteroatoms. The minimum absolute atomic E-state index is 0.801. The highest BCUT2D eigenvalue weighted by Crippen LogP contribution is 2.02. The van der Waals surface area contributed by atoms with Crippen LogP contribution in [-0.4, -0.2) is 12.0 Å². The van der Waals surface area contributed by atoms with Crippen LogP contribution in [0.25, 0.3) is 0 Å². The van der Waals surface area contributed by atoms with Crippen LogP contribution in [0.2, 0.25) is 0 Å². The summed E-state index contributed by atoms with van der Waals surface area (Å²) in [6.45, 7) is 2.02. The largest absolute Gasteiger partial charge is 0.270 e. The van der Waals surface area contributed by atoms with Crippen molar-refractivity contribution in [2.75, 3.05) is 7.05 Å². The molecular formula is C7H9N2. The molecule has 9 heavy (non-hydrogen) atoms. The Morgan fingerprint density at radius 1 is 1.56 bits per heavy atom. The molecule has 0 aliphatic heterocycles. The predicted molar refractivity (Wildman–Crippen MR) is 36.7 cm³/mol. The van der Waals surface area contributed by atoms with E-state index in [2.05, 4.69) is 10.3 Å². The Morgan fingerprint density at radius 2 is 2.33 bits per heavy atom. The van der Waals surface area contributed by atoms with Crippen molar-refractivity contribution in [1.82, 2.24) is 10.3 Å². The average Bonchev–Trinajstić information content (AvgIpc) is 1.88. The van der Waals surface area contributed by atoms with E-state index in [1.165, 1.54) is 5.56 Å². The van der Waals surface area contributed by atoms with Gasteiger partial charge in [-0.1, -0.05) is 0 Å². The van der Waals surface area contributed by atoms with Gasteiger partial charge in [0.25, 0.3) is 0 Å². The number of pyridine rings is 1. The van der Waals surface area contributed by atoms with Crippen LogP contribution < -0.4 is 5.32 Å². The van der Waals surface area contributed by atoms with E-state index in [0.29, 0.717) is 0 Å². The molecule has 1 aromatic heterocycles. The summed E-state index contributed by atoms with van der Waals surface area (Å²) >= 11 is 0. The Morgan fingerprint density at radius 3 is 2.78 bits per heavy atom. The fraction of sp³-hybridized carbons (Fsp3) is 0.286. The van der Waals surface area contributed by atoms with Crippen molar-refractivity contribution in [2.45, 2.75) is 6.92 Å². The summed E-state index contributed by atoms with van der Waals surface area (Å²) in [7, 11) is 1.74. The SMILES string of the molecule is C[N]c1cc(C)ccn1. The maximum absolute atomic E-state index is 3.99. The van der Waals surface area contributed by atoms with Gasteiger partial charge in [0.1, 0.15) is 5.82 Å². The molecule has 0 unspecified atom stereocenters. The lowest BCUT2D eigenvalue weighted by Crippen LogP contribution is -1.89. The third-order valence-corrected chi connectivity index (χ3v) is 1.13. The zero-order chi connectivity index (χ0) is 6.69. The summed E-state index contributed by atoms with van der Waals surface area (Å²) in [6, 6.07) is 3.90. The van der Waals surface area contributed by atoms with E-state index < -0.39 is 0 Å². The molecule has 0 N–H and O–H groups in total. The summed E-state index contributed by atoms with van der Waals surface area (Å²) in [5, 5.41) is 3.92. The fourth-order valence-electron chi connectivity index (χ4n) is 0.643. The molecule has 1 aromatic rings. The van der Waals surface area contributed by atoms with Crippen LogP contribution in [0.5, 0.6) is 0 Å². The van der Waals surface area contributed by atoms with Gasteiger partial charge in [-0.05, 0) is 24.6 Å². The van der Waals surface area contributed by atoms with Crippen molar-refractivity contribution in [3.05, 3.63) is 23.9 Å². The summed E-state index contributed by atoms with van der Waals surface area (Å²) in [5.74, 6) is 0.801. The molecule has 0 aliphatic rings. The maximum Gasteiger partial charge on any atom is 0.147 e. The second kappa shape index (κ2) is 2.49. The van der Waals surface area contributed by atoms with Gasteiger partial charge in [-0.25, -0.2) is 4.98 Å². The molecule has 0 atom stereocenters. The van der Waals surface area contributed by atoms with Crippen LogP contribution in [0.15, 0.2) is 18.3 Å². The van der Waals surface area contributed by atoms with Crippen molar-refractivity contribution >= 4 is 5.82 Å². The Hall–Kier alpha value is -1.05. The lowest BCUT2D eigenvalue weighted by molar-refractivity contribution is 1.02. The molecule has 0 spiro atoms. The highest BCUT2D eigenvalue weighted by atomic mass is 14.9. The molecule has 0 bridgehead atoms. The second-order valence-corrected chi connectivity index (χ2v) is 1.91. The zero-order valence-corrected chi connectivity index (χ0v) is 5.63. The van der Waals surface area contributed by atoms with E-state index >= 15 is 0 Å². The van der Waals surface area contributed by atoms with Crippen molar-refractivity contribution in [3.63, 3.8) is 0 Å². The zero-order valence-electron chi connectivity index (χ0n) is 5.63. The normalized spacial score (nSPS) is 9.11. The molecule has 2 nitrogen and oxygen atoms in total. The van der Waals surface area contributed by atoms with Crippen molar-refractivity contribution in [1.29, 1.82) is 0 Å². The first kappa shape index (κ1) is 6.08. The van der Waals surface area contributed by atoms with Gasteiger partial charge in [-0.3, -0.25) is 5.32 Å². The first-order valence-corrected chi connectivity index (χ1v) is 2.85. The third-order valence-electron chi connectivity index (χ3n) is 1.13. The van der Waals surface area contributed by atoms with Crippen LogP contribution in [0.3, 0.4) is 0 Å². The molecule has 47 valence electrons. The Kier molecular flexibility index (Phi) is 1.68. The predicted octanol–water partition coefficient (Wildman–Crippen LogP) is 1.26. The molecule has 0 aromatic carbocycles. The summed E-state index contributed by atoms with van der Waals surface area (Å²) in [4.78, 5) is 3.99. The summed E-state index contributed by atoms with van der Waals surface area (Å²) in [6.07, 6.45) is 1.76. The number of hydrogen-bond donors (Lipinski definition) is 0. The van der Waals surface area contributed by atoms with E-state index in [1.54, 1.807) is 13.2 Å². The highest BCUT2D eigenvalue weighted by Gasteiger charge is 1.88. The summed E-state index contributed by atoms with van der Waals surface area (Å²) < 4.78 is 0. The van der Waals surface area contributed by atoms with Crippen LogP contribution in [0, 0.1) is 6.92 Å². The second-order valence-electron chi connectivity index (χ2n) is 1.91. The van der Waals surface area contributed by atoms with Gasteiger partial charge >= 0.3 is 0 Å². The molecule has 0 saturated heterocycles. The van der Waals surface area contributed by atoms with Gasteiger partial charge in [0.05, 0.1) is 0 Å². The monoisotopic (exact) mass is 121 g/mol. The smallest absolute Gasteiger partial charge is 0.147 e. The fourth-order valence-corrected chi connectivity index (χ4v) is 0.643. The number of aryl methyl sites for hydroxylation is 1. The third kappa shape index (κ3) is 1.42. The number of rotatable bonds is 1. The van der Waals surface area contributed by atoms with Crippen molar-refractivity contribution in [2.24, 2.45) is 0 Å². The van der Waals surface area contributed by atoms with Gasteiger partial charge < -0.3 is 0 Å². The lowest BCUT2D eigenvalue weighted by atomic mass is 10.3. The molecule has 0 amide bonds. The maximum atomic E-state index is 3.99. The Balaban J connectivity index is 2.94.